The lowest BCUT2D eigenvalue weighted by atomic mass is 10.0. The molecule has 0 atom stereocenters. The Morgan fingerprint density at radius 1 is 0.962 bits per heavy atom. The predicted molar refractivity (Wildman–Crippen MR) is 105 cm³/mol. The zero-order chi connectivity index (χ0) is 18.5. The van der Waals surface area contributed by atoms with Crippen molar-refractivity contribution in [2.24, 2.45) is 0 Å². The van der Waals surface area contributed by atoms with Crippen LogP contribution in [0.25, 0.3) is 0 Å². The maximum atomic E-state index is 12.6. The van der Waals surface area contributed by atoms with Crippen LogP contribution in [0.3, 0.4) is 0 Å². The quantitative estimate of drug-likeness (QED) is 0.835. The van der Waals surface area contributed by atoms with Gasteiger partial charge >= 0.3 is 0 Å². The maximum Gasteiger partial charge on any atom is 0.255 e. The van der Waals surface area contributed by atoms with Crippen LogP contribution >= 0.6 is 0 Å². The average Bonchev–Trinajstić information content (AvgIpc) is 3.16. The molecule has 1 aliphatic carbocycles. The Bertz CT molecular complexity index is 790. The average molecular weight is 350 g/mol. The monoisotopic (exact) mass is 350 g/mol. The summed E-state index contributed by atoms with van der Waals surface area (Å²) in [6.07, 6.45) is 5.34. The summed E-state index contributed by atoms with van der Waals surface area (Å²) in [7, 11) is 0. The molecule has 0 radical (unpaired) electrons. The molecule has 1 aliphatic rings. The van der Waals surface area contributed by atoms with Crippen molar-refractivity contribution >= 4 is 17.5 Å². The van der Waals surface area contributed by atoms with Gasteiger partial charge in [0.2, 0.25) is 0 Å². The van der Waals surface area contributed by atoms with Crippen LogP contribution in [0, 0.1) is 6.92 Å². The highest BCUT2D eigenvalue weighted by molar-refractivity contribution is 6.05. The fourth-order valence-corrected chi connectivity index (χ4v) is 3.50. The maximum absolute atomic E-state index is 12.6. The lowest BCUT2D eigenvalue weighted by Gasteiger charge is -2.14. The molecule has 26 heavy (non-hydrogen) atoms. The molecule has 0 unspecified atom stereocenters. The number of nitrogens with one attached hydrogen (secondary N) is 2. The second-order valence-electron chi connectivity index (χ2n) is 6.95. The summed E-state index contributed by atoms with van der Waals surface area (Å²) in [5.41, 5.74) is 4.19. The predicted octanol–water partition coefficient (Wildman–Crippen LogP) is 4.48. The Kier molecular flexibility index (Phi) is 5.71. The van der Waals surface area contributed by atoms with Crippen molar-refractivity contribution in [1.29, 1.82) is 0 Å². The summed E-state index contributed by atoms with van der Waals surface area (Å²) in [6.45, 7) is 4.06. The SMILES string of the molecule is CCc1cccc(C)c1NC(=O)c1ccc(C(=O)NC2CCCC2)cc1. The van der Waals surface area contributed by atoms with Gasteiger partial charge < -0.3 is 10.6 Å². The number of aryl methyl sites for hydroxylation is 2. The Balaban J connectivity index is 1.68. The topological polar surface area (TPSA) is 58.2 Å². The molecule has 0 heterocycles. The Hall–Kier alpha value is -2.62. The van der Waals surface area contributed by atoms with E-state index in [2.05, 4.69) is 17.6 Å². The van der Waals surface area contributed by atoms with E-state index in [1.807, 2.05) is 25.1 Å². The number of anilines is 1. The van der Waals surface area contributed by atoms with Crippen molar-refractivity contribution in [3.63, 3.8) is 0 Å². The van der Waals surface area contributed by atoms with Gasteiger partial charge in [-0.05, 0) is 61.6 Å². The minimum atomic E-state index is -0.156. The standard InChI is InChI=1S/C22H26N2O2/c1-3-16-8-6-7-15(2)20(16)24-22(26)18-13-11-17(12-14-18)21(25)23-19-9-4-5-10-19/h6-8,11-14,19H,3-5,9-10H2,1-2H3,(H,23,25)(H,24,26). The molecular formula is C22H26N2O2. The molecule has 4 nitrogen and oxygen atoms in total. The smallest absolute Gasteiger partial charge is 0.255 e. The first-order chi connectivity index (χ1) is 12.6. The van der Waals surface area contributed by atoms with Crippen molar-refractivity contribution < 1.29 is 9.59 Å². The van der Waals surface area contributed by atoms with E-state index in [-0.39, 0.29) is 11.8 Å². The van der Waals surface area contributed by atoms with Gasteiger partial charge in [0, 0.05) is 22.9 Å². The molecule has 0 bridgehead atoms. The van der Waals surface area contributed by atoms with Gasteiger partial charge in [0.25, 0.3) is 11.8 Å². The van der Waals surface area contributed by atoms with E-state index in [1.54, 1.807) is 24.3 Å². The number of hydrogen-bond donors (Lipinski definition) is 2. The van der Waals surface area contributed by atoms with Crippen molar-refractivity contribution in [3.8, 4) is 0 Å². The van der Waals surface area contributed by atoms with Crippen LogP contribution in [0.2, 0.25) is 0 Å². The second-order valence-corrected chi connectivity index (χ2v) is 6.95. The van der Waals surface area contributed by atoms with E-state index >= 15 is 0 Å². The van der Waals surface area contributed by atoms with Crippen LogP contribution in [-0.2, 0) is 6.42 Å². The van der Waals surface area contributed by atoms with Crippen LogP contribution in [-0.4, -0.2) is 17.9 Å². The molecule has 0 aromatic heterocycles. The Morgan fingerprint density at radius 3 is 2.19 bits per heavy atom. The lowest BCUT2D eigenvalue weighted by molar-refractivity contribution is 0.0936. The zero-order valence-corrected chi connectivity index (χ0v) is 15.5. The summed E-state index contributed by atoms with van der Waals surface area (Å²) >= 11 is 0. The molecule has 1 fully saturated rings. The number of amides is 2. The zero-order valence-electron chi connectivity index (χ0n) is 15.5. The van der Waals surface area contributed by atoms with Gasteiger partial charge in [-0.1, -0.05) is 38.0 Å². The first-order valence-electron chi connectivity index (χ1n) is 9.39. The van der Waals surface area contributed by atoms with Crippen LogP contribution in [0.4, 0.5) is 5.69 Å². The summed E-state index contributed by atoms with van der Waals surface area (Å²) in [4.78, 5) is 24.9. The van der Waals surface area contributed by atoms with E-state index in [0.29, 0.717) is 17.2 Å². The number of benzene rings is 2. The van der Waals surface area contributed by atoms with Gasteiger partial charge in [0.15, 0.2) is 0 Å². The molecule has 136 valence electrons. The number of para-hydroxylation sites is 1. The normalized spacial score (nSPS) is 14.2. The first-order valence-corrected chi connectivity index (χ1v) is 9.39. The van der Waals surface area contributed by atoms with Crippen molar-refractivity contribution in [2.45, 2.75) is 52.0 Å². The van der Waals surface area contributed by atoms with E-state index in [4.69, 9.17) is 0 Å². The third-order valence-corrected chi connectivity index (χ3v) is 5.08. The molecule has 2 aromatic carbocycles. The van der Waals surface area contributed by atoms with E-state index in [9.17, 15) is 9.59 Å². The second kappa shape index (κ2) is 8.17. The van der Waals surface area contributed by atoms with Crippen LogP contribution in [0.1, 0.15) is 64.4 Å². The molecule has 0 aliphatic heterocycles. The molecule has 2 N–H and O–H groups in total. The molecule has 2 aromatic rings. The number of carbonyl (C=O) groups excluding carboxylic acids is 2. The molecular weight excluding hydrogens is 324 g/mol. The van der Waals surface area contributed by atoms with Gasteiger partial charge in [-0.2, -0.15) is 0 Å². The summed E-state index contributed by atoms with van der Waals surface area (Å²) in [6, 6.07) is 13.2. The minimum absolute atomic E-state index is 0.0592. The Morgan fingerprint density at radius 2 is 1.58 bits per heavy atom. The van der Waals surface area contributed by atoms with E-state index in [1.165, 1.54) is 12.8 Å². The van der Waals surface area contributed by atoms with Crippen molar-refractivity contribution in [3.05, 3.63) is 64.7 Å². The minimum Gasteiger partial charge on any atom is -0.349 e. The van der Waals surface area contributed by atoms with Gasteiger partial charge in [0.05, 0.1) is 0 Å². The van der Waals surface area contributed by atoms with E-state index < -0.39 is 0 Å². The largest absolute Gasteiger partial charge is 0.349 e. The fraction of sp³-hybridized carbons (Fsp3) is 0.364. The van der Waals surface area contributed by atoms with Crippen molar-refractivity contribution in [2.75, 3.05) is 5.32 Å². The lowest BCUT2D eigenvalue weighted by Crippen LogP contribution is -2.32. The van der Waals surface area contributed by atoms with Crippen molar-refractivity contribution in [1.82, 2.24) is 5.32 Å². The molecule has 0 saturated heterocycles. The highest BCUT2D eigenvalue weighted by atomic mass is 16.2. The van der Waals surface area contributed by atoms with Gasteiger partial charge in [-0.15, -0.1) is 0 Å². The number of rotatable bonds is 5. The molecule has 0 spiro atoms. The Labute approximate surface area is 155 Å². The van der Waals surface area contributed by atoms with Gasteiger partial charge in [-0.25, -0.2) is 0 Å². The van der Waals surface area contributed by atoms with Crippen LogP contribution in [0.5, 0.6) is 0 Å². The van der Waals surface area contributed by atoms with Gasteiger partial charge in [0.1, 0.15) is 0 Å². The molecule has 2 amide bonds. The molecule has 3 rings (SSSR count). The van der Waals surface area contributed by atoms with Crippen LogP contribution in [0.15, 0.2) is 42.5 Å². The fourth-order valence-electron chi connectivity index (χ4n) is 3.50. The summed E-state index contributed by atoms with van der Waals surface area (Å²) < 4.78 is 0. The third-order valence-electron chi connectivity index (χ3n) is 5.08. The molecule has 4 heteroatoms. The highest BCUT2D eigenvalue weighted by Gasteiger charge is 2.18. The van der Waals surface area contributed by atoms with Crippen LogP contribution < -0.4 is 10.6 Å². The summed E-state index contributed by atoms with van der Waals surface area (Å²) in [5.74, 6) is -0.215. The van der Waals surface area contributed by atoms with E-state index in [0.717, 1.165) is 36.1 Å². The number of hydrogen-bond acceptors (Lipinski definition) is 2. The number of carbonyl (C=O) groups is 2. The van der Waals surface area contributed by atoms with Gasteiger partial charge in [-0.3, -0.25) is 9.59 Å². The third kappa shape index (κ3) is 4.13. The molecule has 1 saturated carbocycles. The summed E-state index contributed by atoms with van der Waals surface area (Å²) in [5, 5.41) is 6.08. The first kappa shape index (κ1) is 18.2. The highest BCUT2D eigenvalue weighted by Crippen LogP contribution is 2.22.